The maximum atomic E-state index is 9.04. The van der Waals surface area contributed by atoms with E-state index < -0.39 is 0 Å². The van der Waals surface area contributed by atoms with Crippen LogP contribution in [0.25, 0.3) is 0 Å². The fourth-order valence-electron chi connectivity index (χ4n) is 1.90. The molecule has 0 aliphatic carbocycles. The molecular formula is C12H12BrNO2. The molecule has 2 rings (SSSR count). The summed E-state index contributed by atoms with van der Waals surface area (Å²) in [5.41, 5.74) is 0.989. The predicted molar refractivity (Wildman–Crippen MR) is 63.1 cm³/mol. The topological polar surface area (TPSA) is 42.2 Å². The van der Waals surface area contributed by atoms with Crippen LogP contribution < -0.4 is 4.74 Å². The van der Waals surface area contributed by atoms with Crippen molar-refractivity contribution in [1.82, 2.24) is 0 Å². The van der Waals surface area contributed by atoms with Crippen LogP contribution in [0.15, 0.2) is 22.7 Å². The van der Waals surface area contributed by atoms with Gasteiger partial charge < -0.3 is 9.47 Å². The minimum Gasteiger partial charge on any atom is -0.497 e. The van der Waals surface area contributed by atoms with E-state index in [4.69, 9.17) is 14.7 Å². The summed E-state index contributed by atoms with van der Waals surface area (Å²) in [5.74, 6) is 0.716. The van der Waals surface area contributed by atoms with Gasteiger partial charge in [0.25, 0.3) is 0 Å². The number of hydrogen-bond donors (Lipinski definition) is 0. The molecule has 0 N–H and O–H groups in total. The van der Waals surface area contributed by atoms with E-state index in [1.165, 1.54) is 0 Å². The first-order valence-corrected chi connectivity index (χ1v) is 5.90. The lowest BCUT2D eigenvalue weighted by molar-refractivity contribution is 0.0999. The number of methoxy groups -OCH3 is 1. The summed E-state index contributed by atoms with van der Waals surface area (Å²) >= 11 is 3.48. The quantitative estimate of drug-likeness (QED) is 0.837. The molecule has 84 valence electrons. The van der Waals surface area contributed by atoms with Crippen molar-refractivity contribution < 1.29 is 9.47 Å². The highest BCUT2D eigenvalue weighted by Gasteiger charge is 2.31. The van der Waals surface area contributed by atoms with E-state index in [2.05, 4.69) is 22.0 Å². The molecular weight excluding hydrogens is 270 g/mol. The number of nitriles is 1. The standard InChI is InChI=1S/C12H12BrNO2/c1-15-9-2-3-11(13)10(6-9)12-8(7-14)4-5-16-12/h2-3,6,8,12H,4-5H2,1H3. The van der Waals surface area contributed by atoms with Crippen LogP contribution in [-0.2, 0) is 4.74 Å². The van der Waals surface area contributed by atoms with E-state index in [0.29, 0.717) is 6.61 Å². The van der Waals surface area contributed by atoms with Gasteiger partial charge in [0.1, 0.15) is 5.75 Å². The lowest BCUT2D eigenvalue weighted by Gasteiger charge is -2.16. The summed E-state index contributed by atoms with van der Waals surface area (Å²) in [5, 5.41) is 9.04. The molecule has 1 aromatic carbocycles. The second kappa shape index (κ2) is 4.86. The number of rotatable bonds is 2. The highest BCUT2D eigenvalue weighted by Crippen LogP contribution is 2.39. The summed E-state index contributed by atoms with van der Waals surface area (Å²) in [6.07, 6.45) is 0.652. The van der Waals surface area contributed by atoms with Gasteiger partial charge >= 0.3 is 0 Å². The zero-order valence-electron chi connectivity index (χ0n) is 8.94. The largest absolute Gasteiger partial charge is 0.497 e. The summed E-state index contributed by atoms with van der Waals surface area (Å²) in [4.78, 5) is 0. The Morgan fingerprint density at radius 3 is 3.06 bits per heavy atom. The van der Waals surface area contributed by atoms with Gasteiger partial charge in [0.2, 0.25) is 0 Å². The van der Waals surface area contributed by atoms with Crippen molar-refractivity contribution in [2.45, 2.75) is 12.5 Å². The zero-order valence-corrected chi connectivity index (χ0v) is 10.5. The van der Waals surface area contributed by atoms with Crippen molar-refractivity contribution >= 4 is 15.9 Å². The molecule has 1 aliphatic rings. The summed E-state index contributed by atoms with van der Waals surface area (Å²) in [6, 6.07) is 8.01. The van der Waals surface area contributed by atoms with Crippen molar-refractivity contribution in [2.75, 3.05) is 13.7 Å². The van der Waals surface area contributed by atoms with Crippen LogP contribution in [0.1, 0.15) is 18.1 Å². The molecule has 2 atom stereocenters. The first-order valence-electron chi connectivity index (χ1n) is 5.11. The fourth-order valence-corrected chi connectivity index (χ4v) is 2.37. The summed E-state index contributed by atoms with van der Waals surface area (Å²) in [7, 11) is 1.63. The van der Waals surface area contributed by atoms with Crippen LogP contribution in [-0.4, -0.2) is 13.7 Å². The second-order valence-corrected chi connectivity index (χ2v) is 4.56. The minimum absolute atomic E-state index is 0.0663. The van der Waals surface area contributed by atoms with E-state index in [1.807, 2.05) is 18.2 Å². The molecule has 1 saturated heterocycles. The van der Waals surface area contributed by atoms with Crippen molar-refractivity contribution in [3.63, 3.8) is 0 Å². The third kappa shape index (κ3) is 2.06. The highest BCUT2D eigenvalue weighted by atomic mass is 79.9. The van der Waals surface area contributed by atoms with Gasteiger partial charge in [-0.2, -0.15) is 5.26 Å². The van der Waals surface area contributed by atoms with Gasteiger partial charge in [-0.05, 0) is 30.2 Å². The number of ether oxygens (including phenoxy) is 2. The summed E-state index contributed by atoms with van der Waals surface area (Å²) in [6.45, 7) is 0.645. The van der Waals surface area contributed by atoms with Gasteiger partial charge in [-0.1, -0.05) is 15.9 Å². The van der Waals surface area contributed by atoms with Gasteiger partial charge in [0.05, 0.1) is 25.2 Å². The Bertz CT molecular complexity index is 428. The average Bonchev–Trinajstić information content (AvgIpc) is 2.77. The van der Waals surface area contributed by atoms with Crippen LogP contribution in [0.5, 0.6) is 5.75 Å². The number of nitrogens with zero attached hydrogens (tertiary/aromatic N) is 1. The summed E-state index contributed by atoms with van der Waals surface area (Å²) < 4.78 is 11.8. The molecule has 0 bridgehead atoms. The van der Waals surface area contributed by atoms with Gasteiger partial charge in [0, 0.05) is 11.1 Å². The minimum atomic E-state index is -0.144. The molecule has 1 aromatic rings. The lowest BCUT2D eigenvalue weighted by Crippen LogP contribution is -2.06. The SMILES string of the molecule is COc1ccc(Br)c(C2OCCC2C#N)c1. The molecule has 3 nitrogen and oxygen atoms in total. The monoisotopic (exact) mass is 281 g/mol. The van der Waals surface area contributed by atoms with Crippen molar-refractivity contribution in [3.05, 3.63) is 28.2 Å². The van der Waals surface area contributed by atoms with Gasteiger partial charge in [-0.3, -0.25) is 0 Å². The van der Waals surface area contributed by atoms with E-state index in [0.717, 1.165) is 22.2 Å². The third-order valence-corrected chi connectivity index (χ3v) is 3.49. The van der Waals surface area contributed by atoms with Crippen molar-refractivity contribution in [1.29, 1.82) is 5.26 Å². The van der Waals surface area contributed by atoms with E-state index in [-0.39, 0.29) is 12.0 Å². The molecule has 2 unspecified atom stereocenters. The Morgan fingerprint density at radius 1 is 1.56 bits per heavy atom. The predicted octanol–water partition coefficient (Wildman–Crippen LogP) is 3.06. The molecule has 1 heterocycles. The van der Waals surface area contributed by atoms with E-state index >= 15 is 0 Å². The first-order chi connectivity index (χ1) is 7.76. The highest BCUT2D eigenvalue weighted by molar-refractivity contribution is 9.10. The average molecular weight is 282 g/mol. The molecule has 0 aromatic heterocycles. The second-order valence-electron chi connectivity index (χ2n) is 3.70. The Labute approximate surface area is 103 Å². The van der Waals surface area contributed by atoms with Crippen LogP contribution >= 0.6 is 15.9 Å². The molecule has 0 radical (unpaired) electrons. The molecule has 1 aliphatic heterocycles. The lowest BCUT2D eigenvalue weighted by atomic mass is 9.97. The maximum Gasteiger partial charge on any atom is 0.119 e. The molecule has 0 saturated carbocycles. The van der Waals surface area contributed by atoms with Crippen molar-refractivity contribution in [3.8, 4) is 11.8 Å². The van der Waals surface area contributed by atoms with Crippen LogP contribution in [0.4, 0.5) is 0 Å². The van der Waals surface area contributed by atoms with Crippen LogP contribution in [0.2, 0.25) is 0 Å². The Balaban J connectivity index is 2.35. The third-order valence-electron chi connectivity index (χ3n) is 2.77. The number of benzene rings is 1. The zero-order chi connectivity index (χ0) is 11.5. The van der Waals surface area contributed by atoms with E-state index in [1.54, 1.807) is 7.11 Å². The maximum absolute atomic E-state index is 9.04. The van der Waals surface area contributed by atoms with Crippen LogP contribution in [0, 0.1) is 17.2 Å². The normalized spacial score (nSPS) is 24.1. The molecule has 4 heteroatoms. The number of hydrogen-bond acceptors (Lipinski definition) is 3. The fraction of sp³-hybridized carbons (Fsp3) is 0.417. The molecule has 0 amide bonds. The van der Waals surface area contributed by atoms with Crippen molar-refractivity contribution in [2.24, 2.45) is 5.92 Å². The van der Waals surface area contributed by atoms with Gasteiger partial charge in [0.15, 0.2) is 0 Å². The Kier molecular flexibility index (Phi) is 3.47. The number of halogens is 1. The smallest absolute Gasteiger partial charge is 0.119 e. The van der Waals surface area contributed by atoms with E-state index in [9.17, 15) is 0 Å². The molecule has 0 spiro atoms. The Morgan fingerprint density at radius 2 is 2.38 bits per heavy atom. The van der Waals surface area contributed by atoms with Gasteiger partial charge in [-0.15, -0.1) is 0 Å². The van der Waals surface area contributed by atoms with Crippen LogP contribution in [0.3, 0.4) is 0 Å². The molecule has 16 heavy (non-hydrogen) atoms. The Hall–Kier alpha value is -1.05. The van der Waals surface area contributed by atoms with Gasteiger partial charge in [-0.25, -0.2) is 0 Å². The first kappa shape index (κ1) is 11.4. The molecule has 1 fully saturated rings.